The second kappa shape index (κ2) is 2.93. The molecule has 3 aliphatic rings. The van der Waals surface area contributed by atoms with Crippen LogP contribution in [0.1, 0.15) is 46.5 Å². The van der Waals surface area contributed by atoms with E-state index in [9.17, 15) is 5.11 Å². The maximum atomic E-state index is 10.1. The Labute approximate surface area is 98.9 Å². The molecule has 1 heteroatoms. The predicted octanol–water partition coefficient (Wildman–Crippen LogP) is 3.39. The summed E-state index contributed by atoms with van der Waals surface area (Å²) in [5, 5.41) is 10.1. The molecule has 0 amide bonds. The van der Waals surface area contributed by atoms with Crippen LogP contribution in [0.3, 0.4) is 0 Å². The molecule has 0 aromatic heterocycles. The van der Waals surface area contributed by atoms with Crippen LogP contribution in [0.15, 0.2) is 12.2 Å². The van der Waals surface area contributed by atoms with E-state index in [-0.39, 0.29) is 11.5 Å². The Morgan fingerprint density at radius 2 is 1.94 bits per heavy atom. The summed E-state index contributed by atoms with van der Waals surface area (Å²) in [5.41, 5.74) is 1.91. The maximum Gasteiger partial charge on any atom is 0.0756 e. The van der Waals surface area contributed by atoms with Gasteiger partial charge in [0, 0.05) is 0 Å². The molecule has 0 unspecified atom stereocenters. The van der Waals surface area contributed by atoms with Crippen LogP contribution in [-0.2, 0) is 0 Å². The van der Waals surface area contributed by atoms with Gasteiger partial charge in [0.05, 0.1) is 6.10 Å². The first kappa shape index (κ1) is 10.8. The van der Waals surface area contributed by atoms with E-state index in [4.69, 9.17) is 0 Å². The summed E-state index contributed by atoms with van der Waals surface area (Å²) < 4.78 is 0. The van der Waals surface area contributed by atoms with Crippen LogP contribution in [-0.4, -0.2) is 11.2 Å². The molecule has 3 aliphatic carbocycles. The third kappa shape index (κ3) is 1.01. The second-order valence-corrected chi connectivity index (χ2v) is 7.17. The molecular weight excluding hydrogens is 196 g/mol. The van der Waals surface area contributed by atoms with E-state index in [1.165, 1.54) is 24.8 Å². The van der Waals surface area contributed by atoms with Crippen LogP contribution in [0.2, 0.25) is 0 Å². The van der Waals surface area contributed by atoms with E-state index in [1.807, 2.05) is 0 Å². The Morgan fingerprint density at radius 1 is 1.25 bits per heavy atom. The summed E-state index contributed by atoms with van der Waals surface area (Å²) in [5.74, 6) is 2.26. The monoisotopic (exact) mass is 220 g/mol. The third-order valence-electron chi connectivity index (χ3n) is 6.17. The lowest BCUT2D eigenvalue weighted by Crippen LogP contribution is -2.35. The zero-order valence-electron chi connectivity index (χ0n) is 10.8. The average Bonchev–Trinajstić information content (AvgIpc) is 2.51. The lowest BCUT2D eigenvalue weighted by Gasteiger charge is -2.42. The van der Waals surface area contributed by atoms with Crippen molar-refractivity contribution in [3.05, 3.63) is 12.2 Å². The Kier molecular flexibility index (Phi) is 1.98. The fraction of sp³-hybridized carbons (Fsp3) is 0.867. The maximum absolute atomic E-state index is 10.1. The van der Waals surface area contributed by atoms with Crippen LogP contribution < -0.4 is 0 Å². The molecule has 3 fully saturated rings. The number of hydrogen-bond acceptors (Lipinski definition) is 1. The molecule has 5 atom stereocenters. The molecule has 16 heavy (non-hydrogen) atoms. The molecule has 0 saturated heterocycles. The fourth-order valence-electron chi connectivity index (χ4n) is 5.47. The highest BCUT2D eigenvalue weighted by Crippen LogP contribution is 2.72. The van der Waals surface area contributed by atoms with Gasteiger partial charge in [0.15, 0.2) is 0 Å². The lowest BCUT2D eigenvalue weighted by atomic mass is 9.62. The highest BCUT2D eigenvalue weighted by atomic mass is 16.3. The topological polar surface area (TPSA) is 20.2 Å². The van der Waals surface area contributed by atoms with E-state index in [0.717, 1.165) is 18.3 Å². The van der Waals surface area contributed by atoms with E-state index >= 15 is 0 Å². The van der Waals surface area contributed by atoms with Gasteiger partial charge in [-0.1, -0.05) is 27.4 Å². The van der Waals surface area contributed by atoms with Crippen molar-refractivity contribution >= 4 is 0 Å². The van der Waals surface area contributed by atoms with Crippen molar-refractivity contribution in [1.82, 2.24) is 0 Å². The summed E-state index contributed by atoms with van der Waals surface area (Å²) >= 11 is 0. The van der Waals surface area contributed by atoms with Gasteiger partial charge in [0.25, 0.3) is 0 Å². The van der Waals surface area contributed by atoms with E-state index in [2.05, 4.69) is 27.4 Å². The van der Waals surface area contributed by atoms with Crippen molar-refractivity contribution in [2.24, 2.45) is 28.6 Å². The molecule has 2 bridgehead atoms. The van der Waals surface area contributed by atoms with Crippen molar-refractivity contribution in [2.75, 3.05) is 0 Å². The van der Waals surface area contributed by atoms with Crippen LogP contribution in [0.4, 0.5) is 0 Å². The van der Waals surface area contributed by atoms with Gasteiger partial charge >= 0.3 is 0 Å². The Bertz CT molecular complexity index is 343. The normalized spacial score (nSPS) is 54.1. The number of aliphatic hydroxyl groups is 1. The summed E-state index contributed by atoms with van der Waals surface area (Å²) in [6, 6.07) is 0. The van der Waals surface area contributed by atoms with Gasteiger partial charge < -0.3 is 5.11 Å². The fourth-order valence-corrected chi connectivity index (χ4v) is 5.47. The van der Waals surface area contributed by atoms with Gasteiger partial charge in [0.2, 0.25) is 0 Å². The molecule has 0 aromatic rings. The Hall–Kier alpha value is -0.300. The van der Waals surface area contributed by atoms with E-state index < -0.39 is 0 Å². The predicted molar refractivity (Wildman–Crippen MR) is 66.0 cm³/mol. The van der Waals surface area contributed by atoms with Crippen molar-refractivity contribution in [2.45, 2.75) is 52.6 Å². The minimum absolute atomic E-state index is 0.218. The van der Waals surface area contributed by atoms with Gasteiger partial charge in [-0.2, -0.15) is 0 Å². The average molecular weight is 220 g/mol. The quantitative estimate of drug-likeness (QED) is 0.620. The van der Waals surface area contributed by atoms with Gasteiger partial charge in [-0.05, 0) is 59.8 Å². The Balaban J connectivity index is 2.11. The number of hydrogen-bond donors (Lipinski definition) is 1. The molecule has 90 valence electrons. The summed E-state index contributed by atoms with van der Waals surface area (Å²) in [4.78, 5) is 0. The van der Waals surface area contributed by atoms with Gasteiger partial charge in [-0.25, -0.2) is 0 Å². The van der Waals surface area contributed by atoms with E-state index in [1.54, 1.807) is 0 Å². The molecule has 0 radical (unpaired) electrons. The standard InChI is InChI=1S/C15H24O/c1-9-5-6-11-12-7-13(16)10(2)15(9,12)8-14(11,3)4/h9,11-13,16H,2,5-8H2,1,3-4H3/t9-,11-,12-,13-,15+/m0/s1. The first-order chi connectivity index (χ1) is 7.39. The first-order valence-electron chi connectivity index (χ1n) is 6.77. The van der Waals surface area contributed by atoms with Crippen molar-refractivity contribution < 1.29 is 5.11 Å². The molecule has 1 N–H and O–H groups in total. The molecule has 0 spiro atoms. The molecular formula is C15H24O. The van der Waals surface area contributed by atoms with Crippen molar-refractivity contribution in [3.8, 4) is 0 Å². The molecule has 3 saturated carbocycles. The zero-order chi connectivity index (χ0) is 11.7. The summed E-state index contributed by atoms with van der Waals surface area (Å²) in [7, 11) is 0. The van der Waals surface area contributed by atoms with Crippen LogP contribution in [0, 0.1) is 28.6 Å². The van der Waals surface area contributed by atoms with Crippen molar-refractivity contribution in [3.63, 3.8) is 0 Å². The number of rotatable bonds is 0. The highest BCUT2D eigenvalue weighted by Gasteiger charge is 2.66. The SMILES string of the molecule is C=C1[C@@H](O)C[C@H]2[C@@H]3CC[C@H](C)[C@]12CC3(C)C. The van der Waals surface area contributed by atoms with Gasteiger partial charge in [0.1, 0.15) is 0 Å². The minimum Gasteiger partial charge on any atom is -0.389 e. The van der Waals surface area contributed by atoms with Crippen molar-refractivity contribution in [1.29, 1.82) is 0 Å². The highest BCUT2D eigenvalue weighted by molar-refractivity contribution is 5.31. The lowest BCUT2D eigenvalue weighted by molar-refractivity contribution is 0.0954. The molecule has 0 heterocycles. The Morgan fingerprint density at radius 3 is 2.56 bits per heavy atom. The molecule has 0 aromatic carbocycles. The van der Waals surface area contributed by atoms with E-state index in [0.29, 0.717) is 11.3 Å². The van der Waals surface area contributed by atoms with Gasteiger partial charge in [-0.3, -0.25) is 0 Å². The molecule has 0 aliphatic heterocycles. The third-order valence-corrected chi connectivity index (χ3v) is 6.17. The smallest absolute Gasteiger partial charge is 0.0756 e. The molecule has 3 rings (SSSR count). The molecule has 1 nitrogen and oxygen atoms in total. The van der Waals surface area contributed by atoms with Crippen LogP contribution in [0.25, 0.3) is 0 Å². The largest absolute Gasteiger partial charge is 0.389 e. The zero-order valence-corrected chi connectivity index (χ0v) is 10.8. The summed E-state index contributed by atoms with van der Waals surface area (Å²) in [6.45, 7) is 11.5. The second-order valence-electron chi connectivity index (χ2n) is 7.17. The van der Waals surface area contributed by atoms with Crippen LogP contribution in [0.5, 0.6) is 0 Å². The first-order valence-corrected chi connectivity index (χ1v) is 6.77. The van der Waals surface area contributed by atoms with Crippen LogP contribution >= 0.6 is 0 Å². The minimum atomic E-state index is -0.218. The number of aliphatic hydroxyl groups excluding tert-OH is 1. The van der Waals surface area contributed by atoms with Gasteiger partial charge in [-0.15, -0.1) is 0 Å². The summed E-state index contributed by atoms with van der Waals surface area (Å²) in [6.07, 6.45) is 4.71.